The molecule has 0 atom stereocenters. The minimum Gasteiger partial charge on any atom is -0.484 e. The third-order valence-corrected chi connectivity index (χ3v) is 5.04. The first-order valence-corrected chi connectivity index (χ1v) is 9.32. The monoisotopic (exact) mass is 414 g/mol. The van der Waals surface area contributed by atoms with E-state index in [0.717, 1.165) is 10.2 Å². The highest BCUT2D eigenvalue weighted by Crippen LogP contribution is 2.20. The standard InChI is InChI=1S/C20H15ClN2O4S/c1-3-10-23-16-9-4-13(19(25)26-2)11-17(16)28-20(23)22-18(24)12-27-15-7-5-14(21)6-8-15/h1,4-9,11H,10,12H2,2H3. The highest BCUT2D eigenvalue weighted by molar-refractivity contribution is 7.16. The van der Waals surface area contributed by atoms with Gasteiger partial charge in [-0.3, -0.25) is 4.79 Å². The normalized spacial score (nSPS) is 11.2. The SMILES string of the molecule is C#CCn1c(=NC(=O)COc2ccc(Cl)cc2)sc2cc(C(=O)OC)ccc21. The number of carbonyl (C=O) groups excluding carboxylic acids is 2. The number of rotatable bonds is 5. The van der Waals surface area contributed by atoms with Crippen LogP contribution < -0.4 is 9.54 Å². The first-order valence-electron chi connectivity index (χ1n) is 8.13. The van der Waals surface area contributed by atoms with E-state index in [-0.39, 0.29) is 13.2 Å². The number of carbonyl (C=O) groups is 2. The molecule has 0 aliphatic heterocycles. The molecule has 8 heteroatoms. The lowest BCUT2D eigenvalue weighted by atomic mass is 10.2. The summed E-state index contributed by atoms with van der Waals surface area (Å²) in [6.07, 6.45) is 5.45. The van der Waals surface area contributed by atoms with Gasteiger partial charge in [-0.25, -0.2) is 4.79 Å². The van der Waals surface area contributed by atoms with Gasteiger partial charge in [0.25, 0.3) is 5.91 Å². The van der Waals surface area contributed by atoms with E-state index < -0.39 is 11.9 Å². The van der Waals surface area contributed by atoms with Crippen molar-refractivity contribution in [1.82, 2.24) is 4.57 Å². The zero-order chi connectivity index (χ0) is 20.1. The number of amides is 1. The lowest BCUT2D eigenvalue weighted by Gasteiger charge is -2.03. The minimum absolute atomic E-state index is 0.223. The van der Waals surface area contributed by atoms with Gasteiger partial charge in [-0.1, -0.05) is 28.9 Å². The van der Waals surface area contributed by atoms with E-state index >= 15 is 0 Å². The molecule has 0 fully saturated rings. The molecule has 3 rings (SSSR count). The molecule has 3 aromatic rings. The van der Waals surface area contributed by atoms with E-state index in [0.29, 0.717) is 21.1 Å². The van der Waals surface area contributed by atoms with Crippen molar-refractivity contribution in [2.24, 2.45) is 4.99 Å². The zero-order valence-electron chi connectivity index (χ0n) is 14.8. The molecule has 0 saturated heterocycles. The second-order valence-corrected chi connectivity index (χ2v) is 7.04. The molecule has 2 aromatic carbocycles. The Morgan fingerprint density at radius 1 is 1.25 bits per heavy atom. The number of hydrogen-bond donors (Lipinski definition) is 0. The summed E-state index contributed by atoms with van der Waals surface area (Å²) in [7, 11) is 1.32. The number of halogens is 1. The van der Waals surface area contributed by atoms with Crippen molar-refractivity contribution in [1.29, 1.82) is 0 Å². The van der Waals surface area contributed by atoms with E-state index in [1.807, 2.05) is 0 Å². The number of nitrogens with zero attached hydrogens (tertiary/aromatic N) is 2. The van der Waals surface area contributed by atoms with Gasteiger partial charge in [0.2, 0.25) is 0 Å². The van der Waals surface area contributed by atoms with Crippen molar-refractivity contribution in [2.45, 2.75) is 6.54 Å². The zero-order valence-corrected chi connectivity index (χ0v) is 16.4. The second-order valence-electron chi connectivity index (χ2n) is 5.60. The summed E-state index contributed by atoms with van der Waals surface area (Å²) in [5.74, 6) is 2.17. The number of benzene rings is 2. The molecule has 0 N–H and O–H groups in total. The molecule has 0 bridgehead atoms. The van der Waals surface area contributed by atoms with Crippen molar-refractivity contribution in [3.8, 4) is 18.1 Å². The summed E-state index contributed by atoms with van der Waals surface area (Å²) in [4.78, 5) is 28.5. The third-order valence-electron chi connectivity index (χ3n) is 3.75. The van der Waals surface area contributed by atoms with Gasteiger partial charge in [-0.15, -0.1) is 6.42 Å². The average Bonchev–Trinajstić information content (AvgIpc) is 3.03. The van der Waals surface area contributed by atoms with Crippen LogP contribution in [0.3, 0.4) is 0 Å². The first kappa shape index (κ1) is 19.7. The summed E-state index contributed by atoms with van der Waals surface area (Å²) in [5, 5.41) is 0.579. The van der Waals surface area contributed by atoms with E-state index in [9.17, 15) is 9.59 Å². The molecule has 0 unspecified atom stereocenters. The summed E-state index contributed by atoms with van der Waals surface area (Å²) in [5.41, 5.74) is 1.19. The fourth-order valence-corrected chi connectivity index (χ4v) is 3.67. The molecular formula is C20H15ClN2O4S. The van der Waals surface area contributed by atoms with Crippen molar-refractivity contribution in [2.75, 3.05) is 13.7 Å². The predicted molar refractivity (Wildman–Crippen MR) is 108 cm³/mol. The Morgan fingerprint density at radius 3 is 2.68 bits per heavy atom. The maximum Gasteiger partial charge on any atom is 0.337 e. The Balaban J connectivity index is 1.90. The number of terminal acetylenes is 1. The topological polar surface area (TPSA) is 69.9 Å². The van der Waals surface area contributed by atoms with Gasteiger partial charge in [0, 0.05) is 5.02 Å². The lowest BCUT2D eigenvalue weighted by Crippen LogP contribution is -2.19. The third kappa shape index (κ3) is 4.42. The summed E-state index contributed by atoms with van der Waals surface area (Å²) in [6, 6.07) is 11.8. The van der Waals surface area contributed by atoms with Crippen LogP contribution in [0.1, 0.15) is 10.4 Å². The van der Waals surface area contributed by atoms with E-state index in [1.54, 1.807) is 47.0 Å². The number of esters is 1. The summed E-state index contributed by atoms with van der Waals surface area (Å²) in [6.45, 7) is 0.0149. The van der Waals surface area contributed by atoms with Crippen LogP contribution in [0.5, 0.6) is 5.75 Å². The van der Waals surface area contributed by atoms with Crippen LogP contribution >= 0.6 is 22.9 Å². The smallest absolute Gasteiger partial charge is 0.337 e. The maximum absolute atomic E-state index is 12.3. The van der Waals surface area contributed by atoms with Gasteiger partial charge in [0.05, 0.1) is 29.4 Å². The van der Waals surface area contributed by atoms with Gasteiger partial charge in [0.15, 0.2) is 11.4 Å². The van der Waals surface area contributed by atoms with Gasteiger partial charge >= 0.3 is 5.97 Å². The van der Waals surface area contributed by atoms with Gasteiger partial charge in [0.1, 0.15) is 5.75 Å². The Labute approximate surface area is 170 Å². The van der Waals surface area contributed by atoms with Crippen LogP contribution in [0.15, 0.2) is 47.5 Å². The largest absolute Gasteiger partial charge is 0.484 e. The molecule has 1 amide bonds. The molecule has 0 radical (unpaired) electrons. The van der Waals surface area contributed by atoms with Crippen LogP contribution in [0.2, 0.25) is 5.02 Å². The van der Waals surface area contributed by atoms with Crippen LogP contribution in [0.4, 0.5) is 0 Å². The van der Waals surface area contributed by atoms with Crippen LogP contribution in [-0.4, -0.2) is 30.2 Å². The van der Waals surface area contributed by atoms with Crippen LogP contribution in [0.25, 0.3) is 10.2 Å². The Kier molecular flexibility index (Phi) is 6.14. The second kappa shape index (κ2) is 8.74. The van der Waals surface area contributed by atoms with E-state index in [2.05, 4.69) is 10.9 Å². The molecule has 1 heterocycles. The number of hydrogen-bond acceptors (Lipinski definition) is 5. The van der Waals surface area contributed by atoms with Gasteiger partial charge in [-0.2, -0.15) is 4.99 Å². The molecule has 6 nitrogen and oxygen atoms in total. The summed E-state index contributed by atoms with van der Waals surface area (Å²) >= 11 is 7.08. The van der Waals surface area contributed by atoms with Crippen molar-refractivity contribution in [3.63, 3.8) is 0 Å². The van der Waals surface area contributed by atoms with Crippen molar-refractivity contribution in [3.05, 3.63) is 57.9 Å². The molecule has 0 aliphatic carbocycles. The van der Waals surface area contributed by atoms with Gasteiger partial charge in [-0.05, 0) is 42.5 Å². The number of methoxy groups -OCH3 is 1. The quantitative estimate of drug-likeness (QED) is 0.474. The average molecular weight is 415 g/mol. The molecule has 0 spiro atoms. The molecule has 142 valence electrons. The Bertz CT molecular complexity index is 1140. The van der Waals surface area contributed by atoms with E-state index in [4.69, 9.17) is 27.5 Å². The van der Waals surface area contributed by atoms with Crippen molar-refractivity contribution >= 4 is 45.0 Å². The lowest BCUT2D eigenvalue weighted by molar-refractivity contribution is -0.120. The number of ether oxygens (including phenoxy) is 2. The molecule has 0 saturated carbocycles. The first-order chi connectivity index (χ1) is 13.5. The molecule has 1 aromatic heterocycles. The minimum atomic E-state index is -0.458. The highest BCUT2D eigenvalue weighted by Gasteiger charge is 2.12. The van der Waals surface area contributed by atoms with Gasteiger partial charge < -0.3 is 14.0 Å². The summed E-state index contributed by atoms with van der Waals surface area (Å²) < 4.78 is 12.7. The van der Waals surface area contributed by atoms with Crippen molar-refractivity contribution < 1.29 is 19.1 Å². The highest BCUT2D eigenvalue weighted by atomic mass is 35.5. The fraction of sp³-hybridized carbons (Fsp3) is 0.150. The number of fused-ring (bicyclic) bond motifs is 1. The molecular weight excluding hydrogens is 400 g/mol. The van der Waals surface area contributed by atoms with Crippen LogP contribution in [0, 0.1) is 12.3 Å². The Hall–Kier alpha value is -3.08. The molecule has 28 heavy (non-hydrogen) atoms. The van der Waals surface area contributed by atoms with E-state index in [1.165, 1.54) is 18.4 Å². The predicted octanol–water partition coefficient (Wildman–Crippen LogP) is 3.28. The van der Waals surface area contributed by atoms with Crippen LogP contribution in [-0.2, 0) is 16.1 Å². The number of aromatic nitrogens is 1. The fourth-order valence-electron chi connectivity index (χ4n) is 2.46. The molecule has 0 aliphatic rings. The number of thiazole rings is 1. The Morgan fingerprint density at radius 2 is 2.00 bits per heavy atom. The maximum atomic E-state index is 12.3.